The molecule has 7 nitrogen and oxygen atoms in total. The summed E-state index contributed by atoms with van der Waals surface area (Å²) in [6.45, 7) is 4.80. The van der Waals surface area contributed by atoms with Gasteiger partial charge in [-0.2, -0.15) is 4.98 Å². The average Bonchev–Trinajstić information content (AvgIpc) is 3.55. The predicted molar refractivity (Wildman–Crippen MR) is 131 cm³/mol. The molecule has 8 heteroatoms. The van der Waals surface area contributed by atoms with Crippen LogP contribution in [0.4, 0.5) is 0 Å². The average molecular weight is 485 g/mol. The quantitative estimate of drug-likeness (QED) is 0.443. The lowest BCUT2D eigenvalue weighted by molar-refractivity contribution is -0.143. The van der Waals surface area contributed by atoms with Crippen molar-refractivity contribution in [3.8, 4) is 11.4 Å². The summed E-state index contributed by atoms with van der Waals surface area (Å²) >= 11 is 6.10. The lowest BCUT2D eigenvalue weighted by Crippen LogP contribution is -2.46. The van der Waals surface area contributed by atoms with Gasteiger partial charge in [0.25, 0.3) is 0 Å². The van der Waals surface area contributed by atoms with E-state index in [0.29, 0.717) is 42.2 Å². The summed E-state index contributed by atoms with van der Waals surface area (Å²) in [5.41, 5.74) is 0.765. The Morgan fingerprint density at radius 1 is 1.21 bits per heavy atom. The van der Waals surface area contributed by atoms with Gasteiger partial charge in [0.05, 0.1) is 0 Å². The van der Waals surface area contributed by atoms with Crippen LogP contribution < -0.4 is 0 Å². The van der Waals surface area contributed by atoms with E-state index in [1.165, 1.54) is 25.7 Å². The zero-order valence-corrected chi connectivity index (χ0v) is 20.4. The summed E-state index contributed by atoms with van der Waals surface area (Å²) in [5, 5.41) is 4.71. The number of hydrogen-bond donors (Lipinski definition) is 0. The zero-order valence-electron chi connectivity index (χ0n) is 19.6. The summed E-state index contributed by atoms with van der Waals surface area (Å²) in [5.74, 6) is 1.44. The van der Waals surface area contributed by atoms with Gasteiger partial charge in [0.1, 0.15) is 12.6 Å². The Morgan fingerprint density at radius 2 is 2.00 bits per heavy atom. The molecule has 1 aliphatic heterocycles. The van der Waals surface area contributed by atoms with Crippen molar-refractivity contribution in [2.45, 2.75) is 63.8 Å². The van der Waals surface area contributed by atoms with Crippen LogP contribution in [0.25, 0.3) is 11.4 Å². The molecule has 2 fully saturated rings. The standard InChI is InChI=1S/C26H33ClN4O3/c1-2-15-30(23(32)14-13-19-8-3-4-9-19)18-24(33)31-16-6-5-12-22(31)26-28-25(29-34-26)20-10-7-11-21(27)17-20/h2,7,10-11,17,19,22H,1,3-6,8-9,12-16,18H2. The van der Waals surface area contributed by atoms with Crippen LogP contribution in [0.3, 0.4) is 0 Å². The number of piperidine rings is 1. The fourth-order valence-electron chi connectivity index (χ4n) is 5.05. The molecule has 2 amide bonds. The molecule has 0 bridgehead atoms. The summed E-state index contributed by atoms with van der Waals surface area (Å²) in [6, 6.07) is 6.99. The minimum atomic E-state index is -0.291. The Bertz CT molecular complexity index is 1000. The minimum Gasteiger partial charge on any atom is -0.337 e. The summed E-state index contributed by atoms with van der Waals surface area (Å²) in [6.07, 6.45) is 10.7. The van der Waals surface area contributed by atoms with E-state index in [0.717, 1.165) is 31.2 Å². The fraction of sp³-hybridized carbons (Fsp3) is 0.538. The number of aromatic nitrogens is 2. The Labute approximate surface area is 206 Å². The zero-order chi connectivity index (χ0) is 23.9. The van der Waals surface area contributed by atoms with Crippen molar-refractivity contribution in [2.75, 3.05) is 19.6 Å². The maximum atomic E-state index is 13.3. The molecule has 1 aromatic carbocycles. The van der Waals surface area contributed by atoms with Gasteiger partial charge in [-0.25, -0.2) is 0 Å². The predicted octanol–water partition coefficient (Wildman–Crippen LogP) is 5.43. The number of rotatable bonds is 9. The van der Waals surface area contributed by atoms with E-state index in [-0.39, 0.29) is 24.4 Å². The van der Waals surface area contributed by atoms with E-state index < -0.39 is 0 Å². The van der Waals surface area contributed by atoms with Crippen molar-refractivity contribution in [3.05, 3.63) is 47.8 Å². The molecule has 2 aromatic rings. The number of likely N-dealkylation sites (tertiary alicyclic amines) is 1. The van der Waals surface area contributed by atoms with Gasteiger partial charge in [0.15, 0.2) is 0 Å². The Balaban J connectivity index is 1.42. The molecule has 0 radical (unpaired) electrons. The highest BCUT2D eigenvalue weighted by molar-refractivity contribution is 6.30. The van der Waals surface area contributed by atoms with Crippen LogP contribution in [-0.4, -0.2) is 51.4 Å². The smallest absolute Gasteiger partial charge is 0.249 e. The molecule has 1 saturated heterocycles. The molecule has 1 aliphatic carbocycles. The molecule has 182 valence electrons. The molecule has 0 N–H and O–H groups in total. The van der Waals surface area contributed by atoms with Crippen molar-refractivity contribution >= 4 is 23.4 Å². The van der Waals surface area contributed by atoms with E-state index in [4.69, 9.17) is 16.1 Å². The summed E-state index contributed by atoms with van der Waals surface area (Å²) in [4.78, 5) is 34.2. The number of hydrogen-bond acceptors (Lipinski definition) is 5. The van der Waals surface area contributed by atoms with Gasteiger partial charge < -0.3 is 14.3 Å². The topological polar surface area (TPSA) is 79.5 Å². The van der Waals surface area contributed by atoms with Crippen molar-refractivity contribution in [1.29, 1.82) is 0 Å². The third-order valence-electron chi connectivity index (χ3n) is 6.90. The molecule has 1 unspecified atom stereocenters. The molecule has 1 saturated carbocycles. The third kappa shape index (κ3) is 6.06. The molecular weight excluding hydrogens is 452 g/mol. The van der Waals surface area contributed by atoms with E-state index in [1.54, 1.807) is 28.0 Å². The normalized spacial score (nSPS) is 18.7. The van der Waals surface area contributed by atoms with Gasteiger partial charge in [-0.05, 0) is 43.7 Å². The largest absolute Gasteiger partial charge is 0.337 e. The summed E-state index contributed by atoms with van der Waals surface area (Å²) in [7, 11) is 0. The van der Waals surface area contributed by atoms with E-state index in [1.807, 2.05) is 12.1 Å². The van der Waals surface area contributed by atoms with E-state index in [2.05, 4.69) is 16.7 Å². The Hall–Kier alpha value is -2.67. The number of benzene rings is 1. The SMILES string of the molecule is C=CCN(CC(=O)N1CCCCC1c1nc(-c2cccc(Cl)c2)no1)C(=O)CCC1CCCC1. The second-order valence-electron chi connectivity index (χ2n) is 9.32. The van der Waals surface area contributed by atoms with Crippen LogP contribution in [0, 0.1) is 5.92 Å². The number of carbonyl (C=O) groups is 2. The van der Waals surface area contributed by atoms with Gasteiger partial charge in [-0.3, -0.25) is 9.59 Å². The molecule has 1 aromatic heterocycles. The molecule has 0 spiro atoms. The molecular formula is C26H33ClN4O3. The minimum absolute atomic E-state index is 0.0229. The third-order valence-corrected chi connectivity index (χ3v) is 7.14. The number of nitrogens with zero attached hydrogens (tertiary/aromatic N) is 4. The van der Waals surface area contributed by atoms with Gasteiger partial charge in [0.2, 0.25) is 23.5 Å². The maximum Gasteiger partial charge on any atom is 0.249 e. The van der Waals surface area contributed by atoms with Gasteiger partial charge >= 0.3 is 0 Å². The highest BCUT2D eigenvalue weighted by Crippen LogP contribution is 2.32. The van der Waals surface area contributed by atoms with Crippen molar-refractivity contribution in [3.63, 3.8) is 0 Å². The first kappa shape index (κ1) is 24.5. The van der Waals surface area contributed by atoms with E-state index in [9.17, 15) is 9.59 Å². The van der Waals surface area contributed by atoms with Crippen LogP contribution >= 0.6 is 11.6 Å². The van der Waals surface area contributed by atoms with Crippen LogP contribution in [0.5, 0.6) is 0 Å². The fourth-order valence-corrected chi connectivity index (χ4v) is 5.24. The Morgan fingerprint density at radius 3 is 2.76 bits per heavy atom. The molecule has 2 heterocycles. The first-order chi connectivity index (χ1) is 16.5. The first-order valence-corrected chi connectivity index (χ1v) is 12.7. The Kier molecular flexibility index (Phi) is 8.38. The number of halogens is 1. The number of amides is 2. The van der Waals surface area contributed by atoms with E-state index >= 15 is 0 Å². The number of carbonyl (C=O) groups excluding carboxylic acids is 2. The van der Waals surface area contributed by atoms with Crippen LogP contribution in [0.1, 0.15) is 69.7 Å². The highest BCUT2D eigenvalue weighted by Gasteiger charge is 2.33. The van der Waals surface area contributed by atoms with Crippen LogP contribution in [0.15, 0.2) is 41.4 Å². The first-order valence-electron chi connectivity index (χ1n) is 12.3. The molecule has 2 aliphatic rings. The summed E-state index contributed by atoms with van der Waals surface area (Å²) < 4.78 is 5.58. The van der Waals surface area contributed by atoms with Crippen molar-refractivity contribution in [2.24, 2.45) is 5.92 Å². The van der Waals surface area contributed by atoms with Gasteiger partial charge in [0, 0.05) is 30.1 Å². The molecule has 1 atom stereocenters. The monoisotopic (exact) mass is 484 g/mol. The van der Waals surface area contributed by atoms with Crippen molar-refractivity contribution < 1.29 is 14.1 Å². The highest BCUT2D eigenvalue weighted by atomic mass is 35.5. The van der Waals surface area contributed by atoms with Crippen LogP contribution in [0.2, 0.25) is 5.02 Å². The second-order valence-corrected chi connectivity index (χ2v) is 9.75. The van der Waals surface area contributed by atoms with Gasteiger partial charge in [-0.1, -0.05) is 60.6 Å². The molecule has 34 heavy (non-hydrogen) atoms. The van der Waals surface area contributed by atoms with Crippen molar-refractivity contribution in [1.82, 2.24) is 19.9 Å². The lowest BCUT2D eigenvalue weighted by atomic mass is 10.0. The second kappa shape index (κ2) is 11.6. The van der Waals surface area contributed by atoms with Gasteiger partial charge in [-0.15, -0.1) is 6.58 Å². The molecule has 4 rings (SSSR count). The van der Waals surface area contributed by atoms with Crippen LogP contribution in [-0.2, 0) is 9.59 Å². The maximum absolute atomic E-state index is 13.3. The lowest BCUT2D eigenvalue weighted by Gasteiger charge is -2.35.